The van der Waals surface area contributed by atoms with E-state index in [1.54, 1.807) is 0 Å². The van der Waals surface area contributed by atoms with Crippen molar-refractivity contribution in [3.05, 3.63) is 69.0 Å². The standard InChI is InChI=1S/C20H18F2N2S/c21-16-10-18(23)17(22)8-15(16)9-20-24-19(11-25-20)14-6-5-12-3-1-2-4-13(12)7-14/h5-8,10-11H,1-4,9,23H2. The lowest BCUT2D eigenvalue weighted by atomic mass is 9.90. The second-order valence-electron chi connectivity index (χ2n) is 6.46. The van der Waals surface area contributed by atoms with Crippen LogP contribution in [0.25, 0.3) is 11.3 Å². The molecule has 1 aliphatic carbocycles. The Hall–Kier alpha value is -2.27. The quantitative estimate of drug-likeness (QED) is 0.660. The van der Waals surface area contributed by atoms with Gasteiger partial charge < -0.3 is 5.73 Å². The summed E-state index contributed by atoms with van der Waals surface area (Å²) in [6, 6.07) is 8.70. The van der Waals surface area contributed by atoms with Crippen LogP contribution in [0.1, 0.15) is 34.5 Å². The molecule has 3 aromatic rings. The molecule has 2 nitrogen and oxygen atoms in total. The zero-order chi connectivity index (χ0) is 17.4. The van der Waals surface area contributed by atoms with Gasteiger partial charge in [0.15, 0.2) is 0 Å². The van der Waals surface area contributed by atoms with Crippen molar-refractivity contribution in [3.8, 4) is 11.3 Å². The van der Waals surface area contributed by atoms with Gasteiger partial charge in [-0.2, -0.15) is 0 Å². The number of hydrogen-bond acceptors (Lipinski definition) is 3. The average Bonchev–Trinajstić information content (AvgIpc) is 3.08. The molecule has 1 aliphatic rings. The third-order valence-electron chi connectivity index (χ3n) is 4.70. The van der Waals surface area contributed by atoms with Crippen molar-refractivity contribution in [1.29, 1.82) is 0 Å². The monoisotopic (exact) mass is 356 g/mol. The van der Waals surface area contributed by atoms with Gasteiger partial charge in [0.25, 0.3) is 0 Å². The summed E-state index contributed by atoms with van der Waals surface area (Å²) in [6.07, 6.45) is 5.03. The van der Waals surface area contributed by atoms with Crippen molar-refractivity contribution in [1.82, 2.24) is 4.98 Å². The molecule has 5 heteroatoms. The van der Waals surface area contributed by atoms with Crippen molar-refractivity contribution in [2.45, 2.75) is 32.1 Å². The number of benzene rings is 2. The van der Waals surface area contributed by atoms with Gasteiger partial charge in [-0.3, -0.25) is 0 Å². The van der Waals surface area contributed by atoms with Gasteiger partial charge in [0, 0.05) is 23.4 Å². The number of aryl methyl sites for hydroxylation is 2. The number of fused-ring (bicyclic) bond motifs is 1. The Morgan fingerprint density at radius 3 is 2.64 bits per heavy atom. The molecule has 1 aromatic heterocycles. The molecule has 0 saturated carbocycles. The highest BCUT2D eigenvalue weighted by atomic mass is 32.1. The first-order valence-electron chi connectivity index (χ1n) is 8.40. The van der Waals surface area contributed by atoms with E-state index in [-0.39, 0.29) is 17.7 Å². The van der Waals surface area contributed by atoms with E-state index < -0.39 is 11.6 Å². The van der Waals surface area contributed by atoms with Gasteiger partial charge in [-0.05, 0) is 54.5 Å². The number of nitrogens with two attached hydrogens (primary N) is 1. The molecule has 4 rings (SSSR count). The molecular formula is C20H18F2N2S. The van der Waals surface area contributed by atoms with Crippen molar-refractivity contribution >= 4 is 17.0 Å². The average molecular weight is 356 g/mol. The summed E-state index contributed by atoms with van der Waals surface area (Å²) in [4.78, 5) is 4.62. The van der Waals surface area contributed by atoms with Crippen LogP contribution in [-0.2, 0) is 19.3 Å². The second kappa shape index (κ2) is 6.56. The molecule has 0 radical (unpaired) electrons. The summed E-state index contributed by atoms with van der Waals surface area (Å²) in [6.45, 7) is 0. The third-order valence-corrected chi connectivity index (χ3v) is 5.55. The molecule has 0 atom stereocenters. The number of hydrogen-bond donors (Lipinski definition) is 1. The summed E-state index contributed by atoms with van der Waals surface area (Å²) in [5, 5.41) is 2.74. The largest absolute Gasteiger partial charge is 0.396 e. The van der Waals surface area contributed by atoms with E-state index in [0.717, 1.165) is 41.2 Å². The van der Waals surface area contributed by atoms with E-state index in [0.29, 0.717) is 0 Å². The minimum absolute atomic E-state index is 0.171. The minimum Gasteiger partial charge on any atom is -0.396 e. The van der Waals surface area contributed by atoms with Crippen molar-refractivity contribution in [2.75, 3.05) is 5.73 Å². The Bertz CT molecular complexity index is 933. The Labute approximate surface area is 149 Å². The lowest BCUT2D eigenvalue weighted by molar-refractivity contribution is 0.592. The topological polar surface area (TPSA) is 38.9 Å². The first kappa shape index (κ1) is 16.2. The van der Waals surface area contributed by atoms with Gasteiger partial charge in [-0.15, -0.1) is 11.3 Å². The second-order valence-corrected chi connectivity index (χ2v) is 7.40. The zero-order valence-corrected chi connectivity index (χ0v) is 14.5. The highest BCUT2D eigenvalue weighted by molar-refractivity contribution is 7.10. The molecule has 0 saturated heterocycles. The van der Waals surface area contributed by atoms with Crippen LogP contribution in [-0.4, -0.2) is 4.98 Å². The molecule has 0 unspecified atom stereocenters. The Morgan fingerprint density at radius 1 is 1.00 bits per heavy atom. The van der Waals surface area contributed by atoms with Crippen LogP contribution < -0.4 is 5.73 Å². The maximum Gasteiger partial charge on any atom is 0.146 e. The summed E-state index contributed by atoms with van der Waals surface area (Å²) >= 11 is 1.46. The van der Waals surface area contributed by atoms with E-state index in [2.05, 4.69) is 23.2 Å². The number of thiazole rings is 1. The van der Waals surface area contributed by atoms with Crippen LogP contribution in [0.15, 0.2) is 35.7 Å². The molecule has 25 heavy (non-hydrogen) atoms. The molecule has 0 aliphatic heterocycles. The van der Waals surface area contributed by atoms with Crippen molar-refractivity contribution in [3.63, 3.8) is 0 Å². The van der Waals surface area contributed by atoms with E-state index in [1.807, 2.05) is 5.38 Å². The fraction of sp³-hybridized carbons (Fsp3) is 0.250. The predicted octanol–water partition coefficient (Wildman–Crippen LogP) is 5.14. The maximum absolute atomic E-state index is 14.0. The van der Waals surface area contributed by atoms with Gasteiger partial charge in [0.1, 0.15) is 11.6 Å². The minimum atomic E-state index is -0.595. The van der Waals surface area contributed by atoms with Gasteiger partial charge >= 0.3 is 0 Å². The molecule has 0 bridgehead atoms. The van der Waals surface area contributed by atoms with Crippen LogP contribution in [0, 0.1) is 11.6 Å². The lowest BCUT2D eigenvalue weighted by Crippen LogP contribution is -2.02. The number of rotatable bonds is 3. The van der Waals surface area contributed by atoms with Gasteiger partial charge in [-0.25, -0.2) is 13.8 Å². The highest BCUT2D eigenvalue weighted by Crippen LogP contribution is 2.29. The number of aromatic nitrogens is 1. The first-order valence-corrected chi connectivity index (χ1v) is 9.28. The Morgan fingerprint density at radius 2 is 1.80 bits per heavy atom. The first-order chi connectivity index (χ1) is 12.1. The Kier molecular flexibility index (Phi) is 4.25. The van der Waals surface area contributed by atoms with Crippen LogP contribution >= 0.6 is 11.3 Å². The van der Waals surface area contributed by atoms with Crippen LogP contribution in [0.2, 0.25) is 0 Å². The SMILES string of the molecule is Nc1cc(F)c(Cc2nc(-c3ccc4c(c3)CCCC4)cs2)cc1F. The molecular weight excluding hydrogens is 338 g/mol. The molecule has 1 heterocycles. The van der Waals surface area contributed by atoms with E-state index in [4.69, 9.17) is 5.73 Å². The number of nitrogens with zero attached hydrogens (tertiary/aromatic N) is 1. The zero-order valence-electron chi connectivity index (χ0n) is 13.7. The van der Waals surface area contributed by atoms with E-state index >= 15 is 0 Å². The van der Waals surface area contributed by atoms with Crippen molar-refractivity contribution < 1.29 is 8.78 Å². The Balaban J connectivity index is 1.59. The predicted molar refractivity (Wildman–Crippen MR) is 97.8 cm³/mol. The van der Waals surface area contributed by atoms with E-state index in [9.17, 15) is 8.78 Å². The normalized spacial score (nSPS) is 13.7. The van der Waals surface area contributed by atoms with Gasteiger partial charge in [0.05, 0.1) is 16.4 Å². The molecule has 0 fully saturated rings. The van der Waals surface area contributed by atoms with Crippen LogP contribution in [0.5, 0.6) is 0 Å². The third kappa shape index (κ3) is 3.29. The summed E-state index contributed by atoms with van der Waals surface area (Å²) in [7, 11) is 0. The van der Waals surface area contributed by atoms with E-state index in [1.165, 1.54) is 35.3 Å². The van der Waals surface area contributed by atoms with Gasteiger partial charge in [0.2, 0.25) is 0 Å². The molecule has 2 aromatic carbocycles. The van der Waals surface area contributed by atoms with Crippen LogP contribution in [0.4, 0.5) is 14.5 Å². The molecule has 0 spiro atoms. The summed E-state index contributed by atoms with van der Waals surface area (Å²) < 4.78 is 27.5. The highest BCUT2D eigenvalue weighted by Gasteiger charge is 2.14. The fourth-order valence-corrected chi connectivity index (χ4v) is 4.15. The number of anilines is 1. The molecule has 0 amide bonds. The lowest BCUT2D eigenvalue weighted by Gasteiger charge is -2.16. The smallest absolute Gasteiger partial charge is 0.146 e. The van der Waals surface area contributed by atoms with Crippen LogP contribution in [0.3, 0.4) is 0 Å². The van der Waals surface area contributed by atoms with Crippen molar-refractivity contribution in [2.24, 2.45) is 0 Å². The maximum atomic E-state index is 14.0. The van der Waals surface area contributed by atoms with Gasteiger partial charge in [-0.1, -0.05) is 12.1 Å². The number of halogens is 2. The fourth-order valence-electron chi connectivity index (χ4n) is 3.32. The number of nitrogen functional groups attached to an aromatic ring is 1. The summed E-state index contributed by atoms with van der Waals surface area (Å²) in [5.41, 5.74) is 10.3. The molecule has 128 valence electrons. The summed E-state index contributed by atoms with van der Waals surface area (Å²) in [5.74, 6) is -1.09. The molecule has 2 N–H and O–H groups in total.